The summed E-state index contributed by atoms with van der Waals surface area (Å²) in [5.41, 5.74) is -0.625. The predicted molar refractivity (Wildman–Crippen MR) is 81.8 cm³/mol. The molecule has 1 N–H and O–H groups in total. The molecule has 0 aromatic heterocycles. The van der Waals surface area contributed by atoms with Crippen molar-refractivity contribution in [3.8, 4) is 0 Å². The van der Waals surface area contributed by atoms with Gasteiger partial charge in [-0.1, -0.05) is 6.92 Å². The van der Waals surface area contributed by atoms with Crippen molar-refractivity contribution < 1.29 is 9.53 Å². The molecule has 0 spiro atoms. The van der Waals surface area contributed by atoms with Crippen molar-refractivity contribution in [1.82, 2.24) is 15.1 Å². The molecule has 5 nitrogen and oxygen atoms in total. The molecule has 0 radical (unpaired) electrons. The Hall–Kier alpha value is -0.650. The summed E-state index contributed by atoms with van der Waals surface area (Å²) in [6.45, 7) is 12.0. The number of carbonyl (C=O) groups excluding carboxylic acids is 1. The molecule has 0 saturated carbocycles. The molecule has 5 heteroatoms. The minimum Gasteiger partial charge on any atom is -0.468 e. The lowest BCUT2D eigenvalue weighted by Crippen LogP contribution is -2.62. The van der Waals surface area contributed by atoms with E-state index >= 15 is 0 Å². The number of hydrogen-bond donors (Lipinski definition) is 1. The molecule has 0 bridgehead atoms. The minimum atomic E-state index is -0.625. The van der Waals surface area contributed by atoms with Gasteiger partial charge in [0.2, 0.25) is 0 Å². The fraction of sp³-hybridized carbons (Fsp3) is 0.933. The number of rotatable bonds is 6. The number of piperazine rings is 1. The Morgan fingerprint density at radius 3 is 2.35 bits per heavy atom. The molecule has 1 aliphatic heterocycles. The Kier molecular flexibility index (Phi) is 6.43. The summed E-state index contributed by atoms with van der Waals surface area (Å²) in [7, 11) is 3.63. The molecule has 0 aromatic carbocycles. The fourth-order valence-electron chi connectivity index (χ4n) is 2.91. The quantitative estimate of drug-likeness (QED) is 0.736. The van der Waals surface area contributed by atoms with E-state index in [0.29, 0.717) is 18.6 Å². The zero-order valence-electron chi connectivity index (χ0n) is 13.9. The van der Waals surface area contributed by atoms with Crippen LogP contribution in [0.4, 0.5) is 0 Å². The van der Waals surface area contributed by atoms with E-state index in [2.05, 4.69) is 42.9 Å². The zero-order valence-corrected chi connectivity index (χ0v) is 13.9. The average molecular weight is 285 g/mol. The van der Waals surface area contributed by atoms with E-state index in [1.54, 1.807) is 0 Å². The van der Waals surface area contributed by atoms with Gasteiger partial charge < -0.3 is 10.1 Å². The van der Waals surface area contributed by atoms with Crippen LogP contribution in [0.15, 0.2) is 0 Å². The highest BCUT2D eigenvalue weighted by Gasteiger charge is 2.38. The number of ether oxygens (including phenoxy) is 1. The summed E-state index contributed by atoms with van der Waals surface area (Å²) in [4.78, 5) is 16.9. The third-order valence-corrected chi connectivity index (χ3v) is 4.38. The fourth-order valence-corrected chi connectivity index (χ4v) is 2.91. The number of nitrogens with zero attached hydrogens (tertiary/aromatic N) is 2. The summed E-state index contributed by atoms with van der Waals surface area (Å²) in [6.07, 6.45) is 1.00. The highest BCUT2D eigenvalue weighted by atomic mass is 16.5. The predicted octanol–water partition coefficient (Wildman–Crippen LogP) is 0.942. The highest BCUT2D eigenvalue weighted by molar-refractivity contribution is 5.80. The molecule has 0 amide bonds. The molecule has 0 aromatic rings. The maximum Gasteiger partial charge on any atom is 0.327 e. The van der Waals surface area contributed by atoms with E-state index in [9.17, 15) is 4.79 Å². The van der Waals surface area contributed by atoms with Crippen molar-refractivity contribution in [2.75, 3.05) is 40.3 Å². The van der Waals surface area contributed by atoms with Gasteiger partial charge in [0.25, 0.3) is 0 Å². The SMILES string of the molecule is CCCNC(C)(CN1CC(C)N(C)C(C)C1)C(=O)OC. The van der Waals surface area contributed by atoms with Crippen molar-refractivity contribution in [3.05, 3.63) is 0 Å². The second kappa shape index (κ2) is 7.38. The highest BCUT2D eigenvalue weighted by Crippen LogP contribution is 2.17. The van der Waals surface area contributed by atoms with Gasteiger partial charge in [-0.3, -0.25) is 14.6 Å². The van der Waals surface area contributed by atoms with Gasteiger partial charge in [0.05, 0.1) is 7.11 Å². The molecular weight excluding hydrogens is 254 g/mol. The lowest BCUT2D eigenvalue weighted by Gasteiger charge is -2.45. The Bertz CT molecular complexity index is 312. The Morgan fingerprint density at radius 1 is 1.35 bits per heavy atom. The summed E-state index contributed by atoms with van der Waals surface area (Å²) < 4.78 is 4.99. The van der Waals surface area contributed by atoms with Crippen molar-refractivity contribution in [2.45, 2.75) is 51.7 Å². The van der Waals surface area contributed by atoms with E-state index in [1.165, 1.54) is 7.11 Å². The Labute approximate surface area is 123 Å². The minimum absolute atomic E-state index is 0.176. The number of likely N-dealkylation sites (N-methyl/N-ethyl adjacent to an activating group) is 1. The first-order valence-electron chi connectivity index (χ1n) is 7.61. The number of nitrogens with one attached hydrogen (secondary N) is 1. The van der Waals surface area contributed by atoms with Crippen LogP contribution in [-0.2, 0) is 9.53 Å². The van der Waals surface area contributed by atoms with Crippen LogP contribution in [0.3, 0.4) is 0 Å². The third-order valence-electron chi connectivity index (χ3n) is 4.38. The molecule has 118 valence electrons. The van der Waals surface area contributed by atoms with Gasteiger partial charge in [-0.15, -0.1) is 0 Å². The van der Waals surface area contributed by atoms with Gasteiger partial charge in [0.15, 0.2) is 0 Å². The number of hydrogen-bond acceptors (Lipinski definition) is 5. The molecule has 20 heavy (non-hydrogen) atoms. The van der Waals surface area contributed by atoms with Gasteiger partial charge in [-0.2, -0.15) is 0 Å². The molecule has 1 rings (SSSR count). The van der Waals surface area contributed by atoms with Gasteiger partial charge in [-0.05, 0) is 40.8 Å². The summed E-state index contributed by atoms with van der Waals surface area (Å²) >= 11 is 0. The molecule has 3 unspecified atom stereocenters. The first-order chi connectivity index (χ1) is 9.34. The maximum atomic E-state index is 12.1. The summed E-state index contributed by atoms with van der Waals surface area (Å²) in [5.74, 6) is -0.176. The standard InChI is InChI=1S/C15H31N3O2/c1-7-8-16-15(4,14(19)20-6)11-18-9-12(2)17(5)13(3)10-18/h12-13,16H,7-11H2,1-6H3. The monoisotopic (exact) mass is 285 g/mol. The van der Waals surface area contributed by atoms with Crippen molar-refractivity contribution in [3.63, 3.8) is 0 Å². The Balaban J connectivity index is 2.72. The number of esters is 1. The molecular formula is C15H31N3O2. The lowest BCUT2D eigenvalue weighted by molar-refractivity contribution is -0.149. The summed E-state index contributed by atoms with van der Waals surface area (Å²) in [5, 5.41) is 3.35. The normalized spacial score (nSPS) is 28.1. The van der Waals surface area contributed by atoms with Crippen LogP contribution in [0.1, 0.15) is 34.1 Å². The van der Waals surface area contributed by atoms with Crippen LogP contribution >= 0.6 is 0 Å². The van der Waals surface area contributed by atoms with Crippen molar-refractivity contribution >= 4 is 5.97 Å². The van der Waals surface area contributed by atoms with Gasteiger partial charge >= 0.3 is 5.97 Å². The van der Waals surface area contributed by atoms with Crippen LogP contribution < -0.4 is 5.32 Å². The smallest absolute Gasteiger partial charge is 0.327 e. The van der Waals surface area contributed by atoms with E-state index < -0.39 is 5.54 Å². The van der Waals surface area contributed by atoms with Crippen LogP contribution in [0.25, 0.3) is 0 Å². The van der Waals surface area contributed by atoms with Crippen molar-refractivity contribution in [2.24, 2.45) is 0 Å². The van der Waals surface area contributed by atoms with E-state index in [1.807, 2.05) is 6.92 Å². The molecule has 3 atom stereocenters. The topological polar surface area (TPSA) is 44.8 Å². The molecule has 1 heterocycles. The second-order valence-corrected chi connectivity index (χ2v) is 6.31. The average Bonchev–Trinajstić information content (AvgIpc) is 2.41. The van der Waals surface area contributed by atoms with E-state index in [-0.39, 0.29) is 5.97 Å². The first kappa shape index (κ1) is 17.4. The first-order valence-corrected chi connectivity index (χ1v) is 7.61. The van der Waals surface area contributed by atoms with Crippen LogP contribution in [-0.4, -0.2) is 73.7 Å². The second-order valence-electron chi connectivity index (χ2n) is 6.31. The number of methoxy groups -OCH3 is 1. The zero-order chi connectivity index (χ0) is 15.3. The molecule has 1 saturated heterocycles. The van der Waals surface area contributed by atoms with Crippen LogP contribution in [0, 0.1) is 0 Å². The number of carbonyl (C=O) groups is 1. The maximum absolute atomic E-state index is 12.1. The van der Waals surface area contributed by atoms with Gasteiger partial charge in [0, 0.05) is 31.7 Å². The lowest BCUT2D eigenvalue weighted by atomic mass is 9.99. The van der Waals surface area contributed by atoms with Gasteiger partial charge in [-0.25, -0.2) is 0 Å². The van der Waals surface area contributed by atoms with E-state index in [0.717, 1.165) is 26.1 Å². The van der Waals surface area contributed by atoms with E-state index in [4.69, 9.17) is 4.74 Å². The van der Waals surface area contributed by atoms with Crippen LogP contribution in [0.5, 0.6) is 0 Å². The molecule has 0 aliphatic carbocycles. The van der Waals surface area contributed by atoms with Crippen molar-refractivity contribution in [1.29, 1.82) is 0 Å². The van der Waals surface area contributed by atoms with Crippen LogP contribution in [0.2, 0.25) is 0 Å². The molecule has 1 aliphatic rings. The molecule has 1 fully saturated rings. The third kappa shape index (κ3) is 4.17. The Morgan fingerprint density at radius 2 is 1.90 bits per heavy atom. The largest absolute Gasteiger partial charge is 0.468 e. The summed E-state index contributed by atoms with van der Waals surface area (Å²) in [6, 6.07) is 1.01. The van der Waals surface area contributed by atoms with Gasteiger partial charge in [0.1, 0.15) is 5.54 Å².